The zero-order chi connectivity index (χ0) is 42.4. The first-order valence-electron chi connectivity index (χ1n) is 22.0. The minimum Gasteiger partial charge on any atom is -0.457 e. The summed E-state index contributed by atoms with van der Waals surface area (Å²) in [7, 11) is 0. The number of ether oxygens (including phenoxy) is 1. The number of rotatable bonds is 3. The Morgan fingerprint density at radius 1 is 0.369 bits per heavy atom. The van der Waals surface area contributed by atoms with E-state index in [1.165, 1.54) is 26.9 Å². The van der Waals surface area contributed by atoms with Crippen LogP contribution >= 0.6 is 0 Å². The van der Waals surface area contributed by atoms with E-state index >= 15 is 0 Å². The molecule has 1 aliphatic carbocycles. The molecule has 0 N–H and O–H groups in total. The third-order valence-corrected chi connectivity index (χ3v) is 14.1. The van der Waals surface area contributed by atoms with E-state index in [1.807, 2.05) is 24.8 Å². The largest absolute Gasteiger partial charge is 0.457 e. The average Bonchev–Trinajstić information content (AvgIpc) is 4.08. The maximum Gasteiger partial charge on any atom is 0.134 e. The van der Waals surface area contributed by atoms with E-state index in [-0.39, 0.29) is 0 Å². The smallest absolute Gasteiger partial charge is 0.134 e. The lowest BCUT2D eigenvalue weighted by Crippen LogP contribution is -2.34. The van der Waals surface area contributed by atoms with Crippen LogP contribution in [0.4, 0.5) is 0 Å². The zero-order valence-electron chi connectivity index (χ0n) is 34.7. The Kier molecular flexibility index (Phi) is 6.76. The molecule has 302 valence electrons. The lowest BCUT2D eigenvalue weighted by atomic mass is 9.65. The molecule has 2 aliphatic rings. The third kappa shape index (κ3) is 4.41. The molecule has 7 nitrogen and oxygen atoms in total. The topological polar surface area (TPSA) is 62.7 Å². The molecule has 0 radical (unpaired) electrons. The van der Waals surface area contributed by atoms with Crippen molar-refractivity contribution in [2.24, 2.45) is 0 Å². The maximum atomic E-state index is 7.35. The van der Waals surface area contributed by atoms with Crippen molar-refractivity contribution in [1.82, 2.24) is 28.7 Å². The molecule has 1 unspecified atom stereocenters. The molecule has 65 heavy (non-hydrogen) atoms. The van der Waals surface area contributed by atoms with E-state index in [1.54, 1.807) is 0 Å². The Balaban J connectivity index is 1.09. The van der Waals surface area contributed by atoms with Crippen LogP contribution < -0.4 is 4.74 Å². The molecule has 0 saturated carbocycles. The molecule has 1 spiro atoms. The van der Waals surface area contributed by atoms with Gasteiger partial charge in [-0.1, -0.05) is 109 Å². The highest BCUT2D eigenvalue weighted by Gasteiger charge is 2.54. The lowest BCUT2D eigenvalue weighted by Gasteiger charge is -2.40. The van der Waals surface area contributed by atoms with Crippen LogP contribution in [0.15, 0.2) is 207 Å². The van der Waals surface area contributed by atoms with Gasteiger partial charge in [-0.2, -0.15) is 0 Å². The molecule has 15 rings (SSSR count). The summed E-state index contributed by atoms with van der Waals surface area (Å²) in [5.41, 5.74) is 14.7. The third-order valence-electron chi connectivity index (χ3n) is 14.1. The zero-order valence-corrected chi connectivity index (χ0v) is 34.7. The van der Waals surface area contributed by atoms with E-state index in [0.29, 0.717) is 0 Å². The highest BCUT2D eigenvalue weighted by atomic mass is 16.5. The van der Waals surface area contributed by atoms with Gasteiger partial charge < -0.3 is 18.4 Å². The number of hydrogen-bond donors (Lipinski definition) is 0. The Hall–Kier alpha value is -8.81. The first kappa shape index (κ1) is 34.7. The molecule has 7 aromatic carbocycles. The second-order valence-electron chi connectivity index (χ2n) is 17.2. The summed E-state index contributed by atoms with van der Waals surface area (Å²) in [5, 5.41) is 7.12. The van der Waals surface area contributed by atoms with Crippen molar-refractivity contribution in [3.8, 4) is 39.9 Å². The van der Waals surface area contributed by atoms with Crippen molar-refractivity contribution in [3.63, 3.8) is 0 Å². The maximum absolute atomic E-state index is 7.35. The summed E-state index contributed by atoms with van der Waals surface area (Å²) in [6, 6.07) is 65.4. The molecule has 1 atom stereocenters. The summed E-state index contributed by atoms with van der Waals surface area (Å²) in [6.45, 7) is 0. The van der Waals surface area contributed by atoms with Crippen molar-refractivity contribution < 1.29 is 4.74 Å². The van der Waals surface area contributed by atoms with Crippen LogP contribution in [0, 0.1) is 0 Å². The number of benzene rings is 7. The van der Waals surface area contributed by atoms with Crippen LogP contribution in [0.25, 0.3) is 93.9 Å². The summed E-state index contributed by atoms with van der Waals surface area (Å²) in [5.74, 6) is 1.55. The molecular formula is C58H34N6O. The monoisotopic (exact) mass is 830 g/mol. The first-order valence-corrected chi connectivity index (χ1v) is 22.0. The molecule has 0 saturated heterocycles. The molecule has 13 aromatic rings. The van der Waals surface area contributed by atoms with Gasteiger partial charge in [0.25, 0.3) is 0 Å². The minimum atomic E-state index is -0.909. The molecule has 7 heterocycles. The second kappa shape index (κ2) is 12.6. The Labute approximate surface area is 371 Å². The van der Waals surface area contributed by atoms with Crippen LogP contribution in [0.1, 0.15) is 22.3 Å². The Morgan fingerprint density at radius 3 is 1.58 bits per heavy atom. The second-order valence-corrected chi connectivity index (χ2v) is 17.2. The van der Waals surface area contributed by atoms with Crippen molar-refractivity contribution in [2.75, 3.05) is 0 Å². The normalized spacial score (nSPS) is 15.0. The summed E-state index contributed by atoms with van der Waals surface area (Å²) >= 11 is 0. The number of pyridine rings is 3. The van der Waals surface area contributed by atoms with Crippen LogP contribution in [-0.2, 0) is 5.41 Å². The van der Waals surface area contributed by atoms with Gasteiger partial charge in [0.2, 0.25) is 0 Å². The molecular weight excluding hydrogens is 797 g/mol. The fourth-order valence-corrected chi connectivity index (χ4v) is 11.6. The van der Waals surface area contributed by atoms with Crippen LogP contribution in [0.3, 0.4) is 0 Å². The minimum absolute atomic E-state index is 0.772. The van der Waals surface area contributed by atoms with Gasteiger partial charge in [0.1, 0.15) is 11.5 Å². The predicted octanol–water partition coefficient (Wildman–Crippen LogP) is 13.6. The van der Waals surface area contributed by atoms with Crippen molar-refractivity contribution in [1.29, 1.82) is 0 Å². The van der Waals surface area contributed by atoms with Crippen molar-refractivity contribution in [2.45, 2.75) is 5.41 Å². The molecule has 0 bridgehead atoms. The van der Waals surface area contributed by atoms with E-state index in [0.717, 1.165) is 101 Å². The SMILES string of the molecule is c1cc2c(c(-n3c4ccccc4c4ccccc43)c1)C1(c3ccc(-n4c5ccccc5c5ccncc54)cc3O2)c2cccnc2-c2ncc(-n3c4ccccc4c4ccccc43)cc21. The number of nitrogens with zero attached hydrogens (tertiary/aromatic N) is 6. The average molecular weight is 831 g/mol. The highest BCUT2D eigenvalue weighted by Crippen LogP contribution is 2.63. The van der Waals surface area contributed by atoms with E-state index < -0.39 is 5.41 Å². The van der Waals surface area contributed by atoms with Gasteiger partial charge in [-0.25, -0.2) is 0 Å². The summed E-state index contributed by atoms with van der Waals surface area (Å²) < 4.78 is 14.4. The fourth-order valence-electron chi connectivity index (χ4n) is 11.6. The quantitative estimate of drug-likeness (QED) is 0.178. The Bertz CT molecular complexity index is 4030. The standard InChI is InChI=1S/C58H34N6O/c1-7-20-47-37(13-1)38-14-2-8-21-48(38)63(47)36-31-45-57(61-33-36)56-44(18-12-29-60-56)58(45)43-27-26-35(62-46-19-6-3-17-41(46)42-28-30-59-34-52(42)62)32-54(43)65-53-25-11-24-51(55(53)58)64-49-22-9-4-15-39(49)40-16-5-10-23-50(40)64/h1-34H. The van der Waals surface area contributed by atoms with Crippen LogP contribution in [0.2, 0.25) is 0 Å². The number of para-hydroxylation sites is 5. The Morgan fingerprint density at radius 2 is 0.938 bits per heavy atom. The molecule has 0 fully saturated rings. The van der Waals surface area contributed by atoms with Gasteiger partial charge in [-0.3, -0.25) is 15.0 Å². The number of aromatic nitrogens is 6. The predicted molar refractivity (Wildman–Crippen MR) is 260 cm³/mol. The molecule has 1 aliphatic heterocycles. The van der Waals surface area contributed by atoms with E-state index in [9.17, 15) is 0 Å². The number of fused-ring (bicyclic) bond motifs is 18. The van der Waals surface area contributed by atoms with E-state index in [2.05, 4.69) is 201 Å². The van der Waals surface area contributed by atoms with Gasteiger partial charge in [0.15, 0.2) is 0 Å². The van der Waals surface area contributed by atoms with Gasteiger partial charge in [0.05, 0.1) is 73.7 Å². The summed E-state index contributed by atoms with van der Waals surface area (Å²) in [4.78, 5) is 15.2. The highest BCUT2D eigenvalue weighted by molar-refractivity contribution is 6.11. The number of hydrogen-bond acceptors (Lipinski definition) is 4. The lowest BCUT2D eigenvalue weighted by molar-refractivity contribution is 0.435. The molecule has 6 aromatic heterocycles. The van der Waals surface area contributed by atoms with Gasteiger partial charge in [-0.15, -0.1) is 0 Å². The van der Waals surface area contributed by atoms with Gasteiger partial charge in [0, 0.05) is 73.2 Å². The van der Waals surface area contributed by atoms with Crippen LogP contribution in [0.5, 0.6) is 11.5 Å². The van der Waals surface area contributed by atoms with Crippen molar-refractivity contribution >= 4 is 65.4 Å². The van der Waals surface area contributed by atoms with Gasteiger partial charge >= 0.3 is 0 Å². The fraction of sp³-hybridized carbons (Fsp3) is 0.0172. The van der Waals surface area contributed by atoms with Gasteiger partial charge in [-0.05, 0) is 72.3 Å². The first-order chi connectivity index (χ1) is 32.3. The summed E-state index contributed by atoms with van der Waals surface area (Å²) in [6.07, 6.45) is 7.74. The van der Waals surface area contributed by atoms with Crippen LogP contribution in [-0.4, -0.2) is 28.7 Å². The van der Waals surface area contributed by atoms with E-state index in [4.69, 9.17) is 14.7 Å². The molecule has 0 amide bonds. The molecule has 7 heteroatoms. The van der Waals surface area contributed by atoms with Crippen molar-refractivity contribution in [3.05, 3.63) is 229 Å².